The molecule has 6 nitrogen and oxygen atoms in total. The van der Waals surface area contributed by atoms with E-state index < -0.39 is 12.0 Å². The molecule has 6 heteroatoms. The number of hydrogen-bond donors (Lipinski definition) is 2. The molecule has 0 bridgehead atoms. The van der Waals surface area contributed by atoms with Crippen molar-refractivity contribution in [1.82, 2.24) is 9.80 Å². The number of nitrogens with two attached hydrogens (primary N) is 1. The average molecular weight is 283 g/mol. The standard InChI is InChI=1S/C14H25N3O3/c1-10(14(19)20)16-6-8-17(9-7-16)13(18)11-4-2-3-5-12(11)15/h10-12H,2-9,15H2,1H3,(H,19,20). The minimum atomic E-state index is -0.806. The molecule has 1 saturated carbocycles. The van der Waals surface area contributed by atoms with Crippen LogP contribution in [0.25, 0.3) is 0 Å². The SMILES string of the molecule is CC(C(=O)O)N1CCN(C(=O)C2CCCCC2N)CC1. The highest BCUT2D eigenvalue weighted by Gasteiger charge is 2.34. The van der Waals surface area contributed by atoms with Crippen LogP contribution in [0.1, 0.15) is 32.6 Å². The summed E-state index contributed by atoms with van der Waals surface area (Å²) < 4.78 is 0. The van der Waals surface area contributed by atoms with Crippen molar-refractivity contribution in [2.45, 2.75) is 44.7 Å². The molecular formula is C14H25N3O3. The van der Waals surface area contributed by atoms with Gasteiger partial charge in [-0.25, -0.2) is 0 Å². The van der Waals surface area contributed by atoms with Crippen molar-refractivity contribution < 1.29 is 14.7 Å². The summed E-state index contributed by atoms with van der Waals surface area (Å²) in [7, 11) is 0. The van der Waals surface area contributed by atoms with Crippen LogP contribution >= 0.6 is 0 Å². The van der Waals surface area contributed by atoms with Crippen molar-refractivity contribution in [3.63, 3.8) is 0 Å². The zero-order chi connectivity index (χ0) is 14.7. The molecule has 0 aromatic heterocycles. The molecular weight excluding hydrogens is 258 g/mol. The Kier molecular flexibility index (Phi) is 4.99. The fraction of sp³-hybridized carbons (Fsp3) is 0.857. The summed E-state index contributed by atoms with van der Waals surface area (Å²) in [5.74, 6) is -0.675. The molecule has 0 aromatic rings. The van der Waals surface area contributed by atoms with Crippen molar-refractivity contribution in [3.05, 3.63) is 0 Å². The van der Waals surface area contributed by atoms with Crippen LogP contribution < -0.4 is 5.73 Å². The maximum Gasteiger partial charge on any atom is 0.320 e. The van der Waals surface area contributed by atoms with Crippen LogP contribution in [0.15, 0.2) is 0 Å². The third-order valence-corrected chi connectivity index (χ3v) is 4.67. The van der Waals surface area contributed by atoms with Gasteiger partial charge in [-0.2, -0.15) is 0 Å². The normalized spacial score (nSPS) is 30.0. The van der Waals surface area contributed by atoms with Crippen molar-refractivity contribution >= 4 is 11.9 Å². The van der Waals surface area contributed by atoms with E-state index >= 15 is 0 Å². The average Bonchev–Trinajstić information content (AvgIpc) is 2.46. The van der Waals surface area contributed by atoms with Crippen molar-refractivity contribution in [3.8, 4) is 0 Å². The zero-order valence-corrected chi connectivity index (χ0v) is 12.1. The second-order valence-corrected chi connectivity index (χ2v) is 5.93. The van der Waals surface area contributed by atoms with E-state index in [-0.39, 0.29) is 17.9 Å². The van der Waals surface area contributed by atoms with Crippen LogP contribution in [-0.2, 0) is 9.59 Å². The molecule has 1 saturated heterocycles. The van der Waals surface area contributed by atoms with Gasteiger partial charge in [-0.05, 0) is 19.8 Å². The Labute approximate surface area is 119 Å². The number of carbonyl (C=O) groups excluding carboxylic acids is 1. The Morgan fingerprint density at radius 3 is 2.30 bits per heavy atom. The molecule has 1 amide bonds. The quantitative estimate of drug-likeness (QED) is 0.768. The lowest BCUT2D eigenvalue weighted by molar-refractivity contribution is -0.145. The molecule has 3 N–H and O–H groups in total. The molecule has 20 heavy (non-hydrogen) atoms. The van der Waals surface area contributed by atoms with Gasteiger partial charge < -0.3 is 15.7 Å². The first-order valence-corrected chi connectivity index (χ1v) is 7.52. The molecule has 0 spiro atoms. The third kappa shape index (κ3) is 3.30. The molecule has 3 unspecified atom stereocenters. The molecule has 2 rings (SSSR count). The van der Waals surface area contributed by atoms with Gasteiger partial charge in [0, 0.05) is 32.2 Å². The van der Waals surface area contributed by atoms with Gasteiger partial charge in [0.1, 0.15) is 6.04 Å². The maximum atomic E-state index is 12.5. The van der Waals surface area contributed by atoms with Crippen LogP contribution in [0, 0.1) is 5.92 Å². The predicted molar refractivity (Wildman–Crippen MR) is 75.2 cm³/mol. The van der Waals surface area contributed by atoms with E-state index in [1.807, 2.05) is 9.80 Å². The molecule has 0 aromatic carbocycles. The highest BCUT2D eigenvalue weighted by molar-refractivity contribution is 5.80. The Hall–Kier alpha value is -1.14. The van der Waals surface area contributed by atoms with E-state index in [1.54, 1.807) is 6.92 Å². The number of hydrogen-bond acceptors (Lipinski definition) is 4. The van der Waals surface area contributed by atoms with Gasteiger partial charge >= 0.3 is 5.97 Å². The monoisotopic (exact) mass is 283 g/mol. The van der Waals surface area contributed by atoms with E-state index in [9.17, 15) is 9.59 Å². The first kappa shape index (κ1) is 15.3. The minimum Gasteiger partial charge on any atom is -0.480 e. The number of rotatable bonds is 3. The lowest BCUT2D eigenvalue weighted by atomic mass is 9.84. The van der Waals surface area contributed by atoms with Crippen LogP contribution in [0.3, 0.4) is 0 Å². The summed E-state index contributed by atoms with van der Waals surface area (Å²) in [6.45, 7) is 4.17. The summed E-state index contributed by atoms with van der Waals surface area (Å²) in [6, 6.07) is -0.489. The lowest BCUT2D eigenvalue weighted by Gasteiger charge is -2.39. The second kappa shape index (κ2) is 6.54. The van der Waals surface area contributed by atoms with Gasteiger partial charge in [-0.3, -0.25) is 14.5 Å². The van der Waals surface area contributed by atoms with Crippen molar-refractivity contribution in [2.75, 3.05) is 26.2 Å². The Bertz CT molecular complexity index is 367. The predicted octanol–water partition coefficient (Wildman–Crippen LogP) is 0.121. The van der Waals surface area contributed by atoms with Crippen LogP contribution in [0.5, 0.6) is 0 Å². The largest absolute Gasteiger partial charge is 0.480 e. The number of carboxylic acids is 1. The molecule has 2 fully saturated rings. The summed E-state index contributed by atoms with van der Waals surface area (Å²) >= 11 is 0. The molecule has 114 valence electrons. The summed E-state index contributed by atoms with van der Waals surface area (Å²) in [5, 5.41) is 9.01. The number of amides is 1. The van der Waals surface area contributed by atoms with Gasteiger partial charge in [-0.1, -0.05) is 12.8 Å². The smallest absolute Gasteiger partial charge is 0.320 e. The first-order chi connectivity index (χ1) is 9.50. The second-order valence-electron chi connectivity index (χ2n) is 5.93. The maximum absolute atomic E-state index is 12.5. The highest BCUT2D eigenvalue weighted by Crippen LogP contribution is 2.25. The fourth-order valence-corrected chi connectivity index (χ4v) is 3.19. The van der Waals surface area contributed by atoms with Crippen molar-refractivity contribution in [2.24, 2.45) is 11.7 Å². The fourth-order valence-electron chi connectivity index (χ4n) is 3.19. The summed E-state index contributed by atoms with van der Waals surface area (Å²) in [5.41, 5.74) is 6.07. The summed E-state index contributed by atoms with van der Waals surface area (Å²) in [4.78, 5) is 27.2. The van der Waals surface area contributed by atoms with Gasteiger partial charge in [0.15, 0.2) is 0 Å². The molecule has 1 aliphatic carbocycles. The zero-order valence-electron chi connectivity index (χ0n) is 12.1. The number of aliphatic carboxylic acids is 1. The Morgan fingerprint density at radius 1 is 1.15 bits per heavy atom. The molecule has 3 atom stereocenters. The number of piperazine rings is 1. The van der Waals surface area contributed by atoms with Gasteiger partial charge in [0.05, 0.1) is 5.92 Å². The third-order valence-electron chi connectivity index (χ3n) is 4.67. The van der Waals surface area contributed by atoms with E-state index in [0.717, 1.165) is 25.7 Å². The lowest BCUT2D eigenvalue weighted by Crippen LogP contribution is -2.55. The molecule has 0 radical (unpaired) electrons. The minimum absolute atomic E-state index is 0.00720. The van der Waals surface area contributed by atoms with Gasteiger partial charge in [0.25, 0.3) is 0 Å². The highest BCUT2D eigenvalue weighted by atomic mass is 16.4. The van der Waals surface area contributed by atoms with Crippen LogP contribution in [-0.4, -0.2) is 65.0 Å². The molecule has 2 aliphatic rings. The van der Waals surface area contributed by atoms with E-state index in [0.29, 0.717) is 26.2 Å². The van der Waals surface area contributed by atoms with Crippen molar-refractivity contribution in [1.29, 1.82) is 0 Å². The van der Waals surface area contributed by atoms with E-state index in [4.69, 9.17) is 10.8 Å². The molecule has 1 heterocycles. The van der Waals surface area contributed by atoms with Gasteiger partial charge in [0.2, 0.25) is 5.91 Å². The van der Waals surface area contributed by atoms with Crippen LogP contribution in [0.4, 0.5) is 0 Å². The van der Waals surface area contributed by atoms with E-state index in [1.165, 1.54) is 0 Å². The number of carboxylic acid groups (broad SMARTS) is 1. The van der Waals surface area contributed by atoms with E-state index in [2.05, 4.69) is 0 Å². The first-order valence-electron chi connectivity index (χ1n) is 7.52. The molecule has 1 aliphatic heterocycles. The number of nitrogens with zero attached hydrogens (tertiary/aromatic N) is 2. The Balaban J connectivity index is 1.87. The topological polar surface area (TPSA) is 86.9 Å². The van der Waals surface area contributed by atoms with Crippen LogP contribution in [0.2, 0.25) is 0 Å². The Morgan fingerprint density at radius 2 is 1.75 bits per heavy atom. The number of carbonyl (C=O) groups is 2. The summed E-state index contributed by atoms with van der Waals surface area (Å²) in [6.07, 6.45) is 4.03. The van der Waals surface area contributed by atoms with Gasteiger partial charge in [-0.15, -0.1) is 0 Å².